The lowest BCUT2D eigenvalue weighted by Crippen LogP contribution is -2.14. The molecule has 1 aromatic carbocycles. The molecule has 82 valence electrons. The summed E-state index contributed by atoms with van der Waals surface area (Å²) in [4.78, 5) is 10.6. The molecular weight excluding hydrogens is 192 g/mol. The second kappa shape index (κ2) is 5.51. The van der Waals surface area contributed by atoms with Gasteiger partial charge in [0, 0.05) is 12.8 Å². The van der Waals surface area contributed by atoms with E-state index in [1.807, 2.05) is 31.2 Å². The first-order chi connectivity index (χ1) is 7.13. The summed E-state index contributed by atoms with van der Waals surface area (Å²) in [6.07, 6.45) is 0. The highest BCUT2D eigenvalue weighted by molar-refractivity contribution is 5.65. The van der Waals surface area contributed by atoms with Gasteiger partial charge in [0.15, 0.2) is 0 Å². The summed E-state index contributed by atoms with van der Waals surface area (Å²) in [6, 6.07) is 7.84. The molecule has 0 amide bonds. The molecule has 3 nitrogen and oxygen atoms in total. The Labute approximate surface area is 89.7 Å². The largest absolute Gasteiger partial charge is 0.465 e. The minimum absolute atomic E-state index is 0.0175. The van der Waals surface area contributed by atoms with Gasteiger partial charge in [-0.25, -0.2) is 0 Å². The fourth-order valence-electron chi connectivity index (χ4n) is 1.31. The number of benzene rings is 1. The molecule has 0 radical (unpaired) electrons. The standard InChI is InChI=1S/C12H16O3/c1-9-3-5-11(6-4-9)12(7-13)8-15-10(2)14/h3-6,12-13H,7-8H2,1-2H3/t12-/m1/s1. The van der Waals surface area contributed by atoms with Crippen molar-refractivity contribution in [2.75, 3.05) is 13.2 Å². The minimum atomic E-state index is -0.319. The molecule has 0 heterocycles. The van der Waals surface area contributed by atoms with E-state index in [4.69, 9.17) is 4.74 Å². The maximum atomic E-state index is 10.6. The van der Waals surface area contributed by atoms with Crippen molar-refractivity contribution < 1.29 is 14.6 Å². The zero-order chi connectivity index (χ0) is 11.3. The molecule has 0 saturated heterocycles. The highest BCUT2D eigenvalue weighted by Crippen LogP contribution is 2.16. The number of esters is 1. The Hall–Kier alpha value is -1.35. The van der Waals surface area contributed by atoms with Gasteiger partial charge in [-0.3, -0.25) is 4.79 Å². The first-order valence-electron chi connectivity index (χ1n) is 4.94. The highest BCUT2D eigenvalue weighted by atomic mass is 16.5. The van der Waals surface area contributed by atoms with Crippen molar-refractivity contribution >= 4 is 5.97 Å². The molecule has 0 aliphatic rings. The molecule has 0 bridgehead atoms. The second-order valence-electron chi connectivity index (χ2n) is 3.59. The number of aryl methyl sites for hydroxylation is 1. The monoisotopic (exact) mass is 208 g/mol. The summed E-state index contributed by atoms with van der Waals surface area (Å²) in [5, 5.41) is 9.17. The number of rotatable bonds is 4. The smallest absolute Gasteiger partial charge is 0.302 e. The predicted molar refractivity (Wildman–Crippen MR) is 57.6 cm³/mol. The number of ether oxygens (including phenoxy) is 1. The Balaban J connectivity index is 2.65. The van der Waals surface area contributed by atoms with Gasteiger partial charge in [0.2, 0.25) is 0 Å². The van der Waals surface area contributed by atoms with E-state index in [1.165, 1.54) is 12.5 Å². The Morgan fingerprint density at radius 2 is 2.00 bits per heavy atom. The van der Waals surface area contributed by atoms with Crippen LogP contribution in [0.1, 0.15) is 24.0 Å². The van der Waals surface area contributed by atoms with Crippen LogP contribution in [0.15, 0.2) is 24.3 Å². The minimum Gasteiger partial charge on any atom is -0.465 e. The Kier molecular flexibility index (Phi) is 4.31. The molecule has 0 saturated carbocycles. The Morgan fingerprint density at radius 1 is 1.40 bits per heavy atom. The van der Waals surface area contributed by atoms with Gasteiger partial charge in [-0.2, -0.15) is 0 Å². The van der Waals surface area contributed by atoms with Crippen LogP contribution in [0.3, 0.4) is 0 Å². The lowest BCUT2D eigenvalue weighted by atomic mass is 10.00. The number of carbonyl (C=O) groups is 1. The van der Waals surface area contributed by atoms with Crippen LogP contribution in [0.4, 0.5) is 0 Å². The summed E-state index contributed by atoms with van der Waals surface area (Å²) in [5.41, 5.74) is 2.16. The Morgan fingerprint density at radius 3 is 2.47 bits per heavy atom. The zero-order valence-electron chi connectivity index (χ0n) is 9.06. The van der Waals surface area contributed by atoms with Crippen LogP contribution in [0.5, 0.6) is 0 Å². The number of aliphatic hydroxyl groups excluding tert-OH is 1. The van der Waals surface area contributed by atoms with Gasteiger partial charge >= 0.3 is 5.97 Å². The van der Waals surface area contributed by atoms with E-state index in [2.05, 4.69) is 0 Å². The third kappa shape index (κ3) is 3.72. The van der Waals surface area contributed by atoms with Crippen LogP contribution >= 0.6 is 0 Å². The van der Waals surface area contributed by atoms with E-state index in [0.29, 0.717) is 0 Å². The fourth-order valence-corrected chi connectivity index (χ4v) is 1.31. The molecule has 1 N–H and O–H groups in total. The average molecular weight is 208 g/mol. The number of hydrogen-bond donors (Lipinski definition) is 1. The summed E-state index contributed by atoms with van der Waals surface area (Å²) in [5.74, 6) is -0.449. The molecule has 0 aromatic heterocycles. The van der Waals surface area contributed by atoms with Crippen LogP contribution in [-0.2, 0) is 9.53 Å². The predicted octanol–water partition coefficient (Wildman–Crippen LogP) is 1.63. The third-order valence-electron chi connectivity index (χ3n) is 2.26. The van der Waals surface area contributed by atoms with E-state index in [0.717, 1.165) is 5.56 Å². The average Bonchev–Trinajstić information content (AvgIpc) is 2.21. The van der Waals surface area contributed by atoms with Crippen molar-refractivity contribution in [1.29, 1.82) is 0 Å². The lowest BCUT2D eigenvalue weighted by molar-refractivity contribution is -0.141. The van der Waals surface area contributed by atoms with E-state index in [1.54, 1.807) is 0 Å². The molecule has 1 atom stereocenters. The summed E-state index contributed by atoms with van der Waals surface area (Å²) in [6.45, 7) is 3.58. The van der Waals surface area contributed by atoms with Crippen molar-refractivity contribution in [3.05, 3.63) is 35.4 Å². The third-order valence-corrected chi connectivity index (χ3v) is 2.26. The molecular formula is C12H16O3. The van der Waals surface area contributed by atoms with Crippen LogP contribution in [0, 0.1) is 6.92 Å². The normalized spacial score (nSPS) is 12.2. The van der Waals surface area contributed by atoms with Gasteiger partial charge < -0.3 is 9.84 Å². The molecule has 0 spiro atoms. The topological polar surface area (TPSA) is 46.5 Å². The van der Waals surface area contributed by atoms with Gasteiger partial charge in [-0.05, 0) is 12.5 Å². The second-order valence-corrected chi connectivity index (χ2v) is 3.59. The molecule has 0 unspecified atom stereocenters. The van der Waals surface area contributed by atoms with E-state index in [-0.39, 0.29) is 25.1 Å². The van der Waals surface area contributed by atoms with Gasteiger partial charge in [-0.15, -0.1) is 0 Å². The quantitative estimate of drug-likeness (QED) is 0.765. The van der Waals surface area contributed by atoms with Crippen molar-refractivity contribution in [2.45, 2.75) is 19.8 Å². The van der Waals surface area contributed by atoms with Crippen LogP contribution in [0.2, 0.25) is 0 Å². The van der Waals surface area contributed by atoms with Gasteiger partial charge in [-0.1, -0.05) is 29.8 Å². The van der Waals surface area contributed by atoms with Crippen LogP contribution in [-0.4, -0.2) is 24.3 Å². The van der Waals surface area contributed by atoms with Crippen molar-refractivity contribution in [2.24, 2.45) is 0 Å². The molecule has 15 heavy (non-hydrogen) atoms. The van der Waals surface area contributed by atoms with E-state index in [9.17, 15) is 9.90 Å². The molecule has 0 aliphatic carbocycles. The van der Waals surface area contributed by atoms with E-state index >= 15 is 0 Å². The lowest BCUT2D eigenvalue weighted by Gasteiger charge is -2.14. The van der Waals surface area contributed by atoms with Crippen molar-refractivity contribution in [3.63, 3.8) is 0 Å². The van der Waals surface area contributed by atoms with Crippen LogP contribution in [0.25, 0.3) is 0 Å². The summed E-state index contributed by atoms with van der Waals surface area (Å²) >= 11 is 0. The summed E-state index contributed by atoms with van der Waals surface area (Å²) in [7, 11) is 0. The van der Waals surface area contributed by atoms with Crippen molar-refractivity contribution in [1.82, 2.24) is 0 Å². The van der Waals surface area contributed by atoms with Gasteiger partial charge in [0.25, 0.3) is 0 Å². The number of carbonyl (C=O) groups excluding carboxylic acids is 1. The van der Waals surface area contributed by atoms with Crippen LogP contribution < -0.4 is 0 Å². The molecule has 3 heteroatoms. The Bertz CT molecular complexity index is 316. The first-order valence-corrected chi connectivity index (χ1v) is 4.94. The molecule has 0 fully saturated rings. The molecule has 1 rings (SSSR count). The van der Waals surface area contributed by atoms with E-state index < -0.39 is 0 Å². The highest BCUT2D eigenvalue weighted by Gasteiger charge is 2.11. The first kappa shape index (κ1) is 11.7. The maximum absolute atomic E-state index is 10.6. The molecule has 0 aliphatic heterocycles. The number of aliphatic hydroxyl groups is 1. The maximum Gasteiger partial charge on any atom is 0.302 e. The summed E-state index contributed by atoms with van der Waals surface area (Å²) < 4.78 is 4.88. The fraction of sp³-hybridized carbons (Fsp3) is 0.417. The van der Waals surface area contributed by atoms with Crippen molar-refractivity contribution in [3.8, 4) is 0 Å². The van der Waals surface area contributed by atoms with Gasteiger partial charge in [0.1, 0.15) is 6.61 Å². The zero-order valence-corrected chi connectivity index (χ0v) is 9.06. The van der Waals surface area contributed by atoms with Gasteiger partial charge in [0.05, 0.1) is 6.61 Å². The number of hydrogen-bond acceptors (Lipinski definition) is 3. The molecule has 1 aromatic rings. The SMILES string of the molecule is CC(=O)OC[C@@H](CO)c1ccc(C)cc1.